The topological polar surface area (TPSA) is 51.0 Å². The van der Waals surface area contributed by atoms with Crippen LogP contribution >= 0.6 is 11.3 Å². The average Bonchev–Trinajstić information content (AvgIpc) is 3.11. The highest BCUT2D eigenvalue weighted by molar-refractivity contribution is 7.11. The number of nitrogens with zero attached hydrogens (tertiary/aromatic N) is 4. The molecule has 1 saturated heterocycles. The van der Waals surface area contributed by atoms with Crippen molar-refractivity contribution < 1.29 is 4.79 Å². The van der Waals surface area contributed by atoms with Gasteiger partial charge in [0.05, 0.1) is 22.9 Å². The van der Waals surface area contributed by atoms with Gasteiger partial charge in [-0.1, -0.05) is 0 Å². The van der Waals surface area contributed by atoms with Gasteiger partial charge in [0, 0.05) is 24.8 Å². The Morgan fingerprint density at radius 3 is 2.67 bits per heavy atom. The van der Waals surface area contributed by atoms with Gasteiger partial charge in [-0.25, -0.2) is 4.98 Å². The van der Waals surface area contributed by atoms with Crippen LogP contribution in [0.25, 0.3) is 0 Å². The first-order valence-corrected chi connectivity index (χ1v) is 8.09. The van der Waals surface area contributed by atoms with E-state index in [4.69, 9.17) is 0 Å². The summed E-state index contributed by atoms with van der Waals surface area (Å²) >= 11 is 1.43. The summed E-state index contributed by atoms with van der Waals surface area (Å²) in [4.78, 5) is 19.8. The molecule has 0 saturated carbocycles. The van der Waals surface area contributed by atoms with Crippen LogP contribution in [0.2, 0.25) is 0 Å². The summed E-state index contributed by atoms with van der Waals surface area (Å²) in [7, 11) is 1.96. The highest BCUT2D eigenvalue weighted by atomic mass is 32.1. The van der Waals surface area contributed by atoms with E-state index >= 15 is 0 Å². The molecule has 1 fully saturated rings. The zero-order chi connectivity index (χ0) is 15.1. The molecular weight excluding hydrogens is 284 g/mol. The molecule has 112 valence electrons. The monoisotopic (exact) mass is 304 g/mol. The van der Waals surface area contributed by atoms with Crippen molar-refractivity contribution in [3.05, 3.63) is 33.0 Å². The Morgan fingerprint density at radius 1 is 1.33 bits per heavy atom. The number of hydrogen-bond donors (Lipinski definition) is 0. The normalized spacial score (nSPS) is 18.5. The number of likely N-dealkylation sites (tertiary alicyclic amines) is 1. The number of aryl methyl sites for hydroxylation is 3. The second-order valence-corrected chi connectivity index (χ2v) is 6.49. The third kappa shape index (κ3) is 2.27. The Kier molecular flexibility index (Phi) is 3.57. The van der Waals surface area contributed by atoms with E-state index in [1.807, 2.05) is 30.5 Å². The van der Waals surface area contributed by atoms with Gasteiger partial charge in [0.25, 0.3) is 5.91 Å². The summed E-state index contributed by atoms with van der Waals surface area (Å²) in [6.45, 7) is 6.82. The highest BCUT2D eigenvalue weighted by Crippen LogP contribution is 2.36. The number of amides is 1. The Bertz CT molecular complexity index is 688. The minimum absolute atomic E-state index is 0.111. The summed E-state index contributed by atoms with van der Waals surface area (Å²) in [5, 5.41) is 4.50. The molecule has 5 nitrogen and oxygen atoms in total. The third-order valence-electron chi connectivity index (χ3n) is 4.35. The van der Waals surface area contributed by atoms with E-state index in [1.54, 1.807) is 5.51 Å². The Morgan fingerprint density at radius 2 is 2.10 bits per heavy atom. The quantitative estimate of drug-likeness (QED) is 0.857. The first-order chi connectivity index (χ1) is 10.0. The fourth-order valence-electron chi connectivity index (χ4n) is 3.22. The van der Waals surface area contributed by atoms with Gasteiger partial charge < -0.3 is 4.90 Å². The standard InChI is InChI=1S/C15H20N4OS/c1-9-13(11(3)18(4)17-9)12-6-5-7-19(12)15(20)14-10(2)16-8-21-14/h8,12H,5-7H2,1-4H3. The van der Waals surface area contributed by atoms with Gasteiger partial charge in [0.2, 0.25) is 0 Å². The number of aromatic nitrogens is 3. The number of hydrogen-bond acceptors (Lipinski definition) is 4. The SMILES string of the molecule is Cc1ncsc1C(=O)N1CCCC1c1c(C)nn(C)c1C. The van der Waals surface area contributed by atoms with Crippen LogP contribution in [0.5, 0.6) is 0 Å². The van der Waals surface area contributed by atoms with Crippen molar-refractivity contribution in [1.82, 2.24) is 19.7 Å². The van der Waals surface area contributed by atoms with Gasteiger partial charge in [0.15, 0.2) is 0 Å². The van der Waals surface area contributed by atoms with Crippen LogP contribution in [0.4, 0.5) is 0 Å². The predicted octanol–water partition coefficient (Wildman–Crippen LogP) is 2.78. The second-order valence-electron chi connectivity index (χ2n) is 5.63. The largest absolute Gasteiger partial charge is 0.331 e. The maximum absolute atomic E-state index is 12.8. The number of carbonyl (C=O) groups is 1. The van der Waals surface area contributed by atoms with E-state index < -0.39 is 0 Å². The summed E-state index contributed by atoms with van der Waals surface area (Å²) in [5.74, 6) is 0.111. The third-order valence-corrected chi connectivity index (χ3v) is 5.27. The van der Waals surface area contributed by atoms with Gasteiger partial charge in [0.1, 0.15) is 4.88 Å². The lowest BCUT2D eigenvalue weighted by Gasteiger charge is -2.25. The summed E-state index contributed by atoms with van der Waals surface area (Å²) in [6, 6.07) is 0.146. The van der Waals surface area contributed by atoms with Gasteiger partial charge in [-0.05, 0) is 33.6 Å². The van der Waals surface area contributed by atoms with Crippen molar-refractivity contribution in [3.8, 4) is 0 Å². The van der Waals surface area contributed by atoms with Gasteiger partial charge >= 0.3 is 0 Å². The lowest BCUT2D eigenvalue weighted by molar-refractivity contribution is 0.0739. The molecule has 2 aromatic heterocycles. The molecule has 1 unspecified atom stereocenters. The molecule has 1 amide bonds. The molecule has 0 spiro atoms. The van der Waals surface area contributed by atoms with Crippen LogP contribution in [0.1, 0.15) is 51.2 Å². The molecule has 6 heteroatoms. The molecule has 0 aliphatic carbocycles. The smallest absolute Gasteiger partial charge is 0.266 e. The van der Waals surface area contributed by atoms with E-state index in [9.17, 15) is 4.79 Å². The maximum atomic E-state index is 12.8. The summed E-state index contributed by atoms with van der Waals surface area (Å²) in [6.07, 6.45) is 2.05. The van der Waals surface area contributed by atoms with Crippen LogP contribution in [-0.4, -0.2) is 32.1 Å². The average molecular weight is 304 g/mol. The fraction of sp³-hybridized carbons (Fsp3) is 0.533. The lowest BCUT2D eigenvalue weighted by Crippen LogP contribution is -2.31. The molecule has 0 N–H and O–H groups in total. The Balaban J connectivity index is 1.96. The first kappa shape index (κ1) is 14.3. The molecule has 2 aromatic rings. The van der Waals surface area contributed by atoms with Crippen molar-refractivity contribution in [2.24, 2.45) is 7.05 Å². The molecule has 1 aliphatic heterocycles. The molecule has 0 bridgehead atoms. The zero-order valence-electron chi connectivity index (χ0n) is 12.9. The zero-order valence-corrected chi connectivity index (χ0v) is 13.7. The molecular formula is C15H20N4OS. The number of rotatable bonds is 2. The van der Waals surface area contributed by atoms with Crippen molar-refractivity contribution in [3.63, 3.8) is 0 Å². The Hall–Kier alpha value is -1.69. The van der Waals surface area contributed by atoms with E-state index in [1.165, 1.54) is 16.9 Å². The maximum Gasteiger partial charge on any atom is 0.266 e. The number of carbonyl (C=O) groups excluding carboxylic acids is 1. The fourth-order valence-corrected chi connectivity index (χ4v) is 3.98. The summed E-state index contributed by atoms with van der Waals surface area (Å²) < 4.78 is 1.91. The van der Waals surface area contributed by atoms with Crippen LogP contribution in [-0.2, 0) is 7.05 Å². The Labute approximate surface area is 128 Å². The molecule has 21 heavy (non-hydrogen) atoms. The first-order valence-electron chi connectivity index (χ1n) is 7.22. The van der Waals surface area contributed by atoms with Gasteiger partial charge in [-0.2, -0.15) is 5.10 Å². The molecule has 3 rings (SSSR count). The highest BCUT2D eigenvalue weighted by Gasteiger charge is 2.34. The molecule has 1 aliphatic rings. The van der Waals surface area contributed by atoms with Crippen molar-refractivity contribution in [1.29, 1.82) is 0 Å². The van der Waals surface area contributed by atoms with Crippen LogP contribution < -0.4 is 0 Å². The van der Waals surface area contributed by atoms with E-state index in [2.05, 4.69) is 17.0 Å². The van der Waals surface area contributed by atoms with Crippen LogP contribution in [0, 0.1) is 20.8 Å². The summed E-state index contributed by atoms with van der Waals surface area (Å²) in [5.41, 5.74) is 5.97. The van der Waals surface area contributed by atoms with E-state index in [-0.39, 0.29) is 11.9 Å². The minimum Gasteiger partial charge on any atom is -0.331 e. The molecule has 0 aromatic carbocycles. The van der Waals surface area contributed by atoms with Crippen LogP contribution in [0.15, 0.2) is 5.51 Å². The van der Waals surface area contributed by atoms with E-state index in [0.717, 1.165) is 41.3 Å². The van der Waals surface area contributed by atoms with Crippen molar-refractivity contribution >= 4 is 17.2 Å². The second kappa shape index (κ2) is 5.26. The molecule has 1 atom stereocenters. The predicted molar refractivity (Wildman–Crippen MR) is 82.5 cm³/mol. The van der Waals surface area contributed by atoms with Crippen LogP contribution in [0.3, 0.4) is 0 Å². The van der Waals surface area contributed by atoms with E-state index in [0.29, 0.717) is 0 Å². The van der Waals surface area contributed by atoms with Gasteiger partial charge in [-0.3, -0.25) is 9.48 Å². The molecule has 0 radical (unpaired) electrons. The lowest BCUT2D eigenvalue weighted by atomic mass is 10.0. The van der Waals surface area contributed by atoms with Gasteiger partial charge in [-0.15, -0.1) is 11.3 Å². The minimum atomic E-state index is 0.111. The number of thiazole rings is 1. The van der Waals surface area contributed by atoms with Crippen molar-refractivity contribution in [2.45, 2.75) is 39.7 Å². The van der Waals surface area contributed by atoms with Crippen molar-refractivity contribution in [2.75, 3.05) is 6.54 Å². The molecule has 3 heterocycles.